The van der Waals surface area contributed by atoms with Gasteiger partial charge in [0.2, 0.25) is 0 Å². The summed E-state index contributed by atoms with van der Waals surface area (Å²) in [5.74, 6) is 2.87. The minimum atomic E-state index is 0.379. The SMILES string of the molecule is CNC1c2cc(OC)cc(OC)c2C(C)C1C. The molecule has 0 heterocycles. The molecule has 0 amide bonds. The lowest BCUT2D eigenvalue weighted by Crippen LogP contribution is -2.20. The highest BCUT2D eigenvalue weighted by Gasteiger charge is 2.37. The predicted molar refractivity (Wildman–Crippen MR) is 68.9 cm³/mol. The maximum absolute atomic E-state index is 5.50. The van der Waals surface area contributed by atoms with Gasteiger partial charge in [-0.1, -0.05) is 13.8 Å². The number of rotatable bonds is 3. The first-order valence-electron chi connectivity index (χ1n) is 6.07. The molecule has 0 saturated heterocycles. The second-order valence-electron chi connectivity index (χ2n) is 4.75. The smallest absolute Gasteiger partial charge is 0.126 e. The van der Waals surface area contributed by atoms with Crippen LogP contribution in [0.2, 0.25) is 0 Å². The van der Waals surface area contributed by atoms with Gasteiger partial charge in [-0.2, -0.15) is 0 Å². The van der Waals surface area contributed by atoms with Gasteiger partial charge >= 0.3 is 0 Å². The fraction of sp³-hybridized carbons (Fsp3) is 0.571. The topological polar surface area (TPSA) is 30.5 Å². The summed E-state index contributed by atoms with van der Waals surface area (Å²) in [7, 11) is 5.42. The molecule has 3 heteroatoms. The second kappa shape index (κ2) is 4.57. The van der Waals surface area contributed by atoms with Crippen molar-refractivity contribution in [1.29, 1.82) is 0 Å². The molecule has 17 heavy (non-hydrogen) atoms. The minimum absolute atomic E-state index is 0.379. The number of benzene rings is 1. The van der Waals surface area contributed by atoms with Crippen molar-refractivity contribution in [3.63, 3.8) is 0 Å². The standard InChI is InChI=1S/C14H21NO2/c1-8-9(2)14(15-3)11-6-10(16-4)7-12(17-5)13(8)11/h6-9,14-15H,1-5H3. The highest BCUT2D eigenvalue weighted by Crippen LogP contribution is 2.49. The summed E-state index contributed by atoms with van der Waals surface area (Å²) in [5, 5.41) is 3.39. The van der Waals surface area contributed by atoms with Crippen LogP contribution in [0.4, 0.5) is 0 Å². The molecule has 0 spiro atoms. The normalized spacial score (nSPS) is 26.8. The number of nitrogens with one attached hydrogen (secondary N) is 1. The Labute approximate surface area is 103 Å². The van der Waals surface area contributed by atoms with Crippen molar-refractivity contribution in [3.05, 3.63) is 23.3 Å². The molecule has 3 unspecified atom stereocenters. The molecule has 1 aromatic rings. The van der Waals surface area contributed by atoms with Gasteiger partial charge in [-0.3, -0.25) is 0 Å². The molecule has 0 aromatic heterocycles. The molecule has 1 aromatic carbocycles. The zero-order valence-electron chi connectivity index (χ0n) is 11.2. The zero-order valence-corrected chi connectivity index (χ0v) is 11.2. The molecular formula is C14H21NO2. The van der Waals surface area contributed by atoms with Crippen molar-refractivity contribution < 1.29 is 9.47 Å². The van der Waals surface area contributed by atoms with Crippen LogP contribution in [-0.2, 0) is 0 Å². The Balaban J connectivity index is 2.59. The van der Waals surface area contributed by atoms with E-state index in [1.807, 2.05) is 13.1 Å². The van der Waals surface area contributed by atoms with Gasteiger partial charge in [0.15, 0.2) is 0 Å². The highest BCUT2D eigenvalue weighted by molar-refractivity contribution is 5.53. The monoisotopic (exact) mass is 235 g/mol. The molecule has 94 valence electrons. The first-order chi connectivity index (χ1) is 8.13. The van der Waals surface area contributed by atoms with Gasteiger partial charge in [0, 0.05) is 17.7 Å². The van der Waals surface area contributed by atoms with Crippen LogP contribution in [0.3, 0.4) is 0 Å². The van der Waals surface area contributed by atoms with Crippen LogP contribution >= 0.6 is 0 Å². The van der Waals surface area contributed by atoms with E-state index in [4.69, 9.17) is 9.47 Å². The summed E-state index contributed by atoms with van der Waals surface area (Å²) in [5.41, 5.74) is 2.63. The third-order valence-corrected chi connectivity index (χ3v) is 4.02. The molecule has 1 N–H and O–H groups in total. The van der Waals surface area contributed by atoms with Crippen LogP contribution in [0.1, 0.15) is 36.9 Å². The van der Waals surface area contributed by atoms with E-state index in [0.29, 0.717) is 17.9 Å². The van der Waals surface area contributed by atoms with E-state index in [1.54, 1.807) is 14.2 Å². The van der Waals surface area contributed by atoms with Crippen LogP contribution in [-0.4, -0.2) is 21.3 Å². The molecule has 1 aliphatic carbocycles. The number of ether oxygens (including phenoxy) is 2. The maximum Gasteiger partial charge on any atom is 0.126 e. The fourth-order valence-electron chi connectivity index (χ4n) is 2.91. The van der Waals surface area contributed by atoms with Crippen molar-refractivity contribution in [1.82, 2.24) is 5.32 Å². The van der Waals surface area contributed by atoms with E-state index in [0.717, 1.165) is 11.5 Å². The maximum atomic E-state index is 5.50. The van der Waals surface area contributed by atoms with Crippen molar-refractivity contribution in [2.75, 3.05) is 21.3 Å². The molecule has 0 aliphatic heterocycles. The molecule has 0 bridgehead atoms. The van der Waals surface area contributed by atoms with Crippen molar-refractivity contribution in [2.45, 2.75) is 25.8 Å². The third-order valence-electron chi connectivity index (χ3n) is 4.02. The number of hydrogen-bond donors (Lipinski definition) is 1. The lowest BCUT2D eigenvalue weighted by atomic mass is 9.94. The molecule has 2 rings (SSSR count). The van der Waals surface area contributed by atoms with E-state index in [2.05, 4.69) is 25.2 Å². The summed E-state index contributed by atoms with van der Waals surface area (Å²) in [6.07, 6.45) is 0. The Morgan fingerprint density at radius 3 is 2.35 bits per heavy atom. The van der Waals surface area contributed by atoms with E-state index < -0.39 is 0 Å². The van der Waals surface area contributed by atoms with Crippen molar-refractivity contribution in [3.8, 4) is 11.5 Å². The lowest BCUT2D eigenvalue weighted by molar-refractivity contribution is 0.383. The number of hydrogen-bond acceptors (Lipinski definition) is 3. The van der Waals surface area contributed by atoms with Gasteiger partial charge in [-0.15, -0.1) is 0 Å². The van der Waals surface area contributed by atoms with E-state index >= 15 is 0 Å². The zero-order chi connectivity index (χ0) is 12.6. The van der Waals surface area contributed by atoms with Crippen LogP contribution < -0.4 is 14.8 Å². The van der Waals surface area contributed by atoms with Gasteiger partial charge in [0.05, 0.1) is 14.2 Å². The van der Waals surface area contributed by atoms with Crippen molar-refractivity contribution in [2.24, 2.45) is 5.92 Å². The Kier molecular flexibility index (Phi) is 3.29. The minimum Gasteiger partial charge on any atom is -0.497 e. The fourth-order valence-corrected chi connectivity index (χ4v) is 2.91. The Bertz CT molecular complexity index is 417. The lowest BCUT2D eigenvalue weighted by Gasteiger charge is -2.17. The molecule has 3 nitrogen and oxygen atoms in total. The Morgan fingerprint density at radius 1 is 1.12 bits per heavy atom. The van der Waals surface area contributed by atoms with Crippen LogP contribution in [0.5, 0.6) is 11.5 Å². The predicted octanol–water partition coefficient (Wildman–Crippen LogP) is 2.72. The van der Waals surface area contributed by atoms with E-state index in [1.165, 1.54) is 11.1 Å². The van der Waals surface area contributed by atoms with Crippen LogP contribution in [0.25, 0.3) is 0 Å². The summed E-state index contributed by atoms with van der Waals surface area (Å²) in [4.78, 5) is 0. The molecule has 3 atom stereocenters. The average molecular weight is 235 g/mol. The van der Waals surface area contributed by atoms with E-state index in [-0.39, 0.29) is 0 Å². The summed E-state index contributed by atoms with van der Waals surface area (Å²) >= 11 is 0. The first-order valence-corrected chi connectivity index (χ1v) is 6.07. The third kappa shape index (κ3) is 1.78. The van der Waals surface area contributed by atoms with Crippen LogP contribution in [0.15, 0.2) is 12.1 Å². The van der Waals surface area contributed by atoms with Gasteiger partial charge < -0.3 is 14.8 Å². The number of methoxy groups -OCH3 is 2. The van der Waals surface area contributed by atoms with Crippen molar-refractivity contribution >= 4 is 0 Å². The Morgan fingerprint density at radius 2 is 1.82 bits per heavy atom. The quantitative estimate of drug-likeness (QED) is 0.873. The largest absolute Gasteiger partial charge is 0.497 e. The average Bonchev–Trinajstić information content (AvgIpc) is 2.60. The molecule has 0 radical (unpaired) electrons. The first kappa shape index (κ1) is 12.2. The van der Waals surface area contributed by atoms with Gasteiger partial charge in [-0.05, 0) is 30.5 Å². The van der Waals surface area contributed by atoms with Gasteiger partial charge in [0.25, 0.3) is 0 Å². The highest BCUT2D eigenvalue weighted by atomic mass is 16.5. The van der Waals surface area contributed by atoms with Gasteiger partial charge in [-0.25, -0.2) is 0 Å². The molecule has 0 fully saturated rings. The summed E-state index contributed by atoms with van der Waals surface area (Å²) < 4.78 is 10.8. The molecule has 1 aliphatic rings. The van der Waals surface area contributed by atoms with Crippen LogP contribution in [0, 0.1) is 5.92 Å². The Hall–Kier alpha value is -1.22. The van der Waals surface area contributed by atoms with E-state index in [9.17, 15) is 0 Å². The summed E-state index contributed by atoms with van der Waals surface area (Å²) in [6, 6.07) is 4.48. The molecular weight excluding hydrogens is 214 g/mol. The second-order valence-corrected chi connectivity index (χ2v) is 4.75. The van der Waals surface area contributed by atoms with Gasteiger partial charge in [0.1, 0.15) is 11.5 Å². The summed E-state index contributed by atoms with van der Waals surface area (Å²) in [6.45, 7) is 4.54. The number of fused-ring (bicyclic) bond motifs is 1. The molecule has 0 saturated carbocycles.